The summed E-state index contributed by atoms with van der Waals surface area (Å²) in [6.45, 7) is 0. The summed E-state index contributed by atoms with van der Waals surface area (Å²) in [5, 5.41) is 30.9. The summed E-state index contributed by atoms with van der Waals surface area (Å²) in [4.78, 5) is 4.97. The van der Waals surface area contributed by atoms with E-state index in [0.717, 1.165) is 55.9 Å². The predicted octanol–water partition coefficient (Wildman–Crippen LogP) is 5.01. The van der Waals surface area contributed by atoms with Crippen molar-refractivity contribution in [3.05, 3.63) is 82.9 Å². The first-order valence-electron chi connectivity index (χ1n) is 9.59. The third-order valence-corrected chi connectivity index (χ3v) is 6.02. The summed E-state index contributed by atoms with van der Waals surface area (Å²) in [6.07, 6.45) is 1.38. The molecule has 1 heterocycles. The minimum atomic E-state index is 0.220. The van der Waals surface area contributed by atoms with E-state index >= 15 is 0 Å². The Balaban J connectivity index is 1.72. The van der Waals surface area contributed by atoms with Gasteiger partial charge >= 0.3 is 0 Å². The SMILES string of the molecule is Oc1ccc(-c2c3c(nc4c2Cc2cccc(O)c2-4)-c2c(O)cccc2C3)cc1. The molecule has 0 amide bonds. The fourth-order valence-corrected chi connectivity index (χ4v) is 4.80. The summed E-state index contributed by atoms with van der Waals surface area (Å²) in [6, 6.07) is 18.3. The largest absolute Gasteiger partial charge is 0.508 e. The van der Waals surface area contributed by atoms with Crippen LogP contribution in [0, 0.1) is 0 Å². The molecule has 0 saturated heterocycles. The zero-order valence-electron chi connectivity index (χ0n) is 15.5. The summed E-state index contributed by atoms with van der Waals surface area (Å²) in [5.74, 6) is 0.666. The van der Waals surface area contributed by atoms with E-state index in [9.17, 15) is 15.3 Å². The molecule has 2 aliphatic rings. The van der Waals surface area contributed by atoms with Gasteiger partial charge in [-0.2, -0.15) is 0 Å². The van der Waals surface area contributed by atoms with Crippen LogP contribution in [0.1, 0.15) is 22.3 Å². The van der Waals surface area contributed by atoms with Gasteiger partial charge in [0.2, 0.25) is 0 Å². The van der Waals surface area contributed by atoms with Gasteiger partial charge in [-0.05, 0) is 57.6 Å². The van der Waals surface area contributed by atoms with E-state index in [1.165, 1.54) is 0 Å². The minimum Gasteiger partial charge on any atom is -0.508 e. The second-order valence-electron chi connectivity index (χ2n) is 7.66. The average Bonchev–Trinajstić information content (AvgIpc) is 3.26. The maximum atomic E-state index is 10.6. The molecule has 0 atom stereocenters. The Labute approximate surface area is 167 Å². The Hall–Kier alpha value is -3.79. The molecule has 3 aromatic carbocycles. The number of phenolic OH excluding ortho intramolecular Hbond substituents is 3. The van der Waals surface area contributed by atoms with Crippen LogP contribution in [-0.2, 0) is 12.8 Å². The summed E-state index contributed by atoms with van der Waals surface area (Å²) >= 11 is 0. The van der Waals surface area contributed by atoms with Gasteiger partial charge in [0.05, 0.1) is 11.4 Å². The zero-order chi connectivity index (χ0) is 19.7. The van der Waals surface area contributed by atoms with Crippen molar-refractivity contribution in [3.8, 4) is 50.9 Å². The van der Waals surface area contributed by atoms with Crippen LogP contribution in [0.5, 0.6) is 17.2 Å². The fourth-order valence-electron chi connectivity index (χ4n) is 4.80. The van der Waals surface area contributed by atoms with Gasteiger partial charge in [-0.1, -0.05) is 36.4 Å². The third-order valence-electron chi connectivity index (χ3n) is 6.02. The molecule has 0 radical (unpaired) electrons. The zero-order valence-corrected chi connectivity index (χ0v) is 15.5. The predicted molar refractivity (Wildman–Crippen MR) is 111 cm³/mol. The lowest BCUT2D eigenvalue weighted by Gasteiger charge is -2.15. The summed E-state index contributed by atoms with van der Waals surface area (Å²) in [5.41, 5.74) is 9.43. The van der Waals surface area contributed by atoms with Gasteiger partial charge in [-0.25, -0.2) is 4.98 Å². The van der Waals surface area contributed by atoms with Gasteiger partial charge < -0.3 is 15.3 Å². The number of hydrogen-bond donors (Lipinski definition) is 3. The molecular formula is C25H17NO3. The third kappa shape index (κ3) is 2.17. The number of benzene rings is 3. The smallest absolute Gasteiger partial charge is 0.125 e. The summed E-state index contributed by atoms with van der Waals surface area (Å²) < 4.78 is 0. The lowest BCUT2D eigenvalue weighted by molar-refractivity contribution is 0.475. The first-order valence-corrected chi connectivity index (χ1v) is 9.59. The van der Waals surface area contributed by atoms with E-state index < -0.39 is 0 Å². The van der Waals surface area contributed by atoms with Crippen LogP contribution in [0.15, 0.2) is 60.7 Å². The monoisotopic (exact) mass is 379 g/mol. The standard InChI is InChI=1S/C25H17NO3/c27-16-9-7-13(8-10-16)21-17-11-14-3-1-5-19(28)22(14)24(17)26-25-18(21)12-15-4-2-6-20(29)23(15)25/h1-10,27-29H,11-12H2. The maximum absolute atomic E-state index is 10.6. The molecule has 0 fully saturated rings. The van der Waals surface area contributed by atoms with Crippen molar-refractivity contribution in [2.75, 3.05) is 0 Å². The number of pyridine rings is 1. The first kappa shape index (κ1) is 16.2. The fraction of sp³-hybridized carbons (Fsp3) is 0.0800. The molecule has 29 heavy (non-hydrogen) atoms. The molecule has 140 valence electrons. The highest BCUT2D eigenvalue weighted by molar-refractivity contribution is 5.93. The van der Waals surface area contributed by atoms with Crippen molar-refractivity contribution in [2.45, 2.75) is 12.8 Å². The molecule has 4 aromatic rings. The number of phenols is 3. The molecule has 0 saturated carbocycles. The van der Waals surface area contributed by atoms with Gasteiger partial charge in [-0.3, -0.25) is 0 Å². The number of fused-ring (bicyclic) bond motifs is 6. The normalized spacial score (nSPS) is 13.0. The molecule has 1 aromatic heterocycles. The van der Waals surface area contributed by atoms with Crippen molar-refractivity contribution >= 4 is 0 Å². The minimum absolute atomic E-state index is 0.220. The van der Waals surface area contributed by atoms with Gasteiger partial charge in [0.25, 0.3) is 0 Å². The summed E-state index contributed by atoms with van der Waals surface area (Å²) in [7, 11) is 0. The molecule has 6 rings (SSSR count). The molecule has 0 aliphatic heterocycles. The molecule has 2 aliphatic carbocycles. The quantitative estimate of drug-likeness (QED) is 0.376. The maximum Gasteiger partial charge on any atom is 0.125 e. The van der Waals surface area contributed by atoms with Crippen LogP contribution in [0.2, 0.25) is 0 Å². The van der Waals surface area contributed by atoms with Crippen LogP contribution in [0.4, 0.5) is 0 Å². The molecule has 3 N–H and O–H groups in total. The van der Waals surface area contributed by atoms with E-state index in [2.05, 4.69) is 0 Å². The number of hydrogen-bond acceptors (Lipinski definition) is 4. The average molecular weight is 379 g/mol. The number of nitrogens with zero attached hydrogens (tertiary/aromatic N) is 1. The van der Waals surface area contributed by atoms with Crippen LogP contribution in [-0.4, -0.2) is 20.3 Å². The topological polar surface area (TPSA) is 73.6 Å². The Morgan fingerprint density at radius 2 is 1.10 bits per heavy atom. The van der Waals surface area contributed by atoms with E-state index in [1.54, 1.807) is 24.3 Å². The second kappa shape index (κ2) is 5.61. The molecule has 4 heteroatoms. The van der Waals surface area contributed by atoms with E-state index in [0.29, 0.717) is 12.8 Å². The molecule has 0 bridgehead atoms. The van der Waals surface area contributed by atoms with Crippen LogP contribution < -0.4 is 0 Å². The molecule has 0 spiro atoms. The van der Waals surface area contributed by atoms with Crippen molar-refractivity contribution in [1.29, 1.82) is 0 Å². The van der Waals surface area contributed by atoms with E-state index in [4.69, 9.17) is 4.98 Å². The highest BCUT2D eigenvalue weighted by Crippen LogP contribution is 2.52. The Kier molecular flexibility index (Phi) is 3.13. The van der Waals surface area contributed by atoms with Gasteiger partial charge in [0.1, 0.15) is 17.2 Å². The van der Waals surface area contributed by atoms with Gasteiger partial charge in [-0.15, -0.1) is 0 Å². The van der Waals surface area contributed by atoms with Gasteiger partial charge in [0, 0.05) is 24.0 Å². The Morgan fingerprint density at radius 1 is 0.586 bits per heavy atom. The van der Waals surface area contributed by atoms with Crippen LogP contribution in [0.25, 0.3) is 33.6 Å². The molecule has 0 unspecified atom stereocenters. The van der Waals surface area contributed by atoms with E-state index in [1.807, 2.05) is 36.4 Å². The van der Waals surface area contributed by atoms with Crippen molar-refractivity contribution < 1.29 is 15.3 Å². The van der Waals surface area contributed by atoms with Gasteiger partial charge in [0.15, 0.2) is 0 Å². The Bertz CT molecular complexity index is 1250. The van der Waals surface area contributed by atoms with Crippen LogP contribution >= 0.6 is 0 Å². The lowest BCUT2D eigenvalue weighted by atomic mass is 9.92. The number of rotatable bonds is 1. The second-order valence-corrected chi connectivity index (χ2v) is 7.66. The highest BCUT2D eigenvalue weighted by Gasteiger charge is 2.33. The van der Waals surface area contributed by atoms with Crippen molar-refractivity contribution in [1.82, 2.24) is 4.98 Å². The highest BCUT2D eigenvalue weighted by atomic mass is 16.3. The first-order chi connectivity index (χ1) is 14.1. The van der Waals surface area contributed by atoms with Crippen molar-refractivity contribution in [3.63, 3.8) is 0 Å². The Morgan fingerprint density at radius 3 is 1.62 bits per heavy atom. The van der Waals surface area contributed by atoms with Crippen LogP contribution in [0.3, 0.4) is 0 Å². The number of aromatic nitrogens is 1. The van der Waals surface area contributed by atoms with E-state index in [-0.39, 0.29) is 17.2 Å². The number of aromatic hydroxyl groups is 3. The lowest BCUT2D eigenvalue weighted by Crippen LogP contribution is -1.98. The van der Waals surface area contributed by atoms with Crippen molar-refractivity contribution in [2.24, 2.45) is 0 Å². The molecular weight excluding hydrogens is 362 g/mol. The molecule has 4 nitrogen and oxygen atoms in total.